The molecule has 4 heteroatoms. The second-order valence-corrected chi connectivity index (χ2v) is 4.29. The number of nitrogens with two attached hydrogens (primary N) is 1. The summed E-state index contributed by atoms with van der Waals surface area (Å²) < 4.78 is 10.1. The molecule has 0 spiro atoms. The maximum Gasteiger partial charge on any atom is 0.326 e. The van der Waals surface area contributed by atoms with Crippen molar-refractivity contribution >= 4 is 5.97 Å². The molecule has 1 aliphatic carbocycles. The van der Waals surface area contributed by atoms with Crippen molar-refractivity contribution in [3.8, 4) is 5.75 Å². The van der Waals surface area contributed by atoms with Crippen molar-refractivity contribution in [1.29, 1.82) is 0 Å². The molecule has 17 heavy (non-hydrogen) atoms. The van der Waals surface area contributed by atoms with Crippen LogP contribution in [0.25, 0.3) is 0 Å². The Morgan fingerprint density at radius 1 is 1.59 bits per heavy atom. The van der Waals surface area contributed by atoms with Crippen LogP contribution in [0.2, 0.25) is 0 Å². The molecular weight excluding hydrogens is 218 g/mol. The largest absolute Gasteiger partial charge is 0.494 e. The lowest BCUT2D eigenvalue weighted by Crippen LogP contribution is -2.35. The quantitative estimate of drug-likeness (QED) is 0.802. The van der Waals surface area contributed by atoms with Crippen molar-refractivity contribution in [2.75, 3.05) is 13.7 Å². The van der Waals surface area contributed by atoms with Gasteiger partial charge in [-0.1, -0.05) is 12.1 Å². The molecule has 1 aromatic rings. The van der Waals surface area contributed by atoms with Crippen LogP contribution in [0, 0.1) is 0 Å². The fourth-order valence-electron chi connectivity index (χ4n) is 2.10. The molecule has 0 aliphatic heterocycles. The maximum atomic E-state index is 11.5. The van der Waals surface area contributed by atoms with E-state index in [0.29, 0.717) is 13.0 Å². The normalized spacial score (nSPS) is 26.4. The average Bonchev–Trinajstić information content (AvgIpc) is 3.03. The highest BCUT2D eigenvalue weighted by molar-refractivity contribution is 5.86. The van der Waals surface area contributed by atoms with Gasteiger partial charge in [0.15, 0.2) is 0 Å². The summed E-state index contributed by atoms with van der Waals surface area (Å²) in [4.78, 5) is 11.5. The number of benzene rings is 1. The smallest absolute Gasteiger partial charge is 0.326 e. The molecule has 0 saturated heterocycles. The molecule has 0 bridgehead atoms. The van der Waals surface area contributed by atoms with Gasteiger partial charge in [0.2, 0.25) is 0 Å². The minimum absolute atomic E-state index is 0.0374. The lowest BCUT2D eigenvalue weighted by Gasteiger charge is -2.10. The highest BCUT2D eigenvalue weighted by atomic mass is 16.5. The molecule has 2 unspecified atom stereocenters. The van der Waals surface area contributed by atoms with E-state index < -0.39 is 5.54 Å². The van der Waals surface area contributed by atoms with Crippen LogP contribution >= 0.6 is 0 Å². The van der Waals surface area contributed by atoms with E-state index in [1.807, 2.05) is 31.2 Å². The summed E-state index contributed by atoms with van der Waals surface area (Å²) in [5.41, 5.74) is 6.17. The zero-order chi connectivity index (χ0) is 12.5. The lowest BCUT2D eigenvalue weighted by molar-refractivity contribution is -0.143. The van der Waals surface area contributed by atoms with Gasteiger partial charge >= 0.3 is 5.97 Å². The van der Waals surface area contributed by atoms with Crippen molar-refractivity contribution < 1.29 is 14.3 Å². The Hall–Kier alpha value is -1.55. The van der Waals surface area contributed by atoms with Crippen molar-refractivity contribution in [3.63, 3.8) is 0 Å². The molecule has 2 atom stereocenters. The summed E-state index contributed by atoms with van der Waals surface area (Å²) in [6, 6.07) is 7.71. The number of esters is 1. The van der Waals surface area contributed by atoms with E-state index in [1.165, 1.54) is 7.11 Å². The molecule has 1 aromatic carbocycles. The molecule has 0 amide bonds. The molecule has 2 N–H and O–H groups in total. The first-order chi connectivity index (χ1) is 8.11. The van der Waals surface area contributed by atoms with E-state index in [9.17, 15) is 4.79 Å². The van der Waals surface area contributed by atoms with Crippen molar-refractivity contribution in [2.24, 2.45) is 5.73 Å². The van der Waals surface area contributed by atoms with Crippen LogP contribution in [-0.4, -0.2) is 25.2 Å². The van der Waals surface area contributed by atoms with Crippen LogP contribution in [0.4, 0.5) is 0 Å². The number of carbonyl (C=O) groups is 1. The van der Waals surface area contributed by atoms with Gasteiger partial charge in [0, 0.05) is 5.92 Å². The minimum atomic E-state index is -0.848. The van der Waals surface area contributed by atoms with E-state index in [-0.39, 0.29) is 11.9 Å². The first-order valence-corrected chi connectivity index (χ1v) is 5.72. The first kappa shape index (κ1) is 11.9. The third kappa shape index (κ3) is 2.13. The predicted octanol–water partition coefficient (Wildman–Crippen LogP) is 1.44. The highest BCUT2D eigenvalue weighted by Crippen LogP contribution is 2.50. The SMILES string of the molecule is CCOc1cccc(C2CC2(N)C(=O)OC)c1. The molecule has 0 aromatic heterocycles. The summed E-state index contributed by atoms with van der Waals surface area (Å²) in [6.45, 7) is 2.56. The first-order valence-electron chi connectivity index (χ1n) is 5.72. The summed E-state index contributed by atoms with van der Waals surface area (Å²) in [5.74, 6) is 0.504. The highest BCUT2D eigenvalue weighted by Gasteiger charge is 2.58. The Kier molecular flexibility index (Phi) is 3.07. The number of methoxy groups -OCH3 is 1. The lowest BCUT2D eigenvalue weighted by atomic mass is 10.1. The van der Waals surface area contributed by atoms with E-state index in [4.69, 9.17) is 15.2 Å². The Morgan fingerprint density at radius 3 is 3.00 bits per heavy atom. The van der Waals surface area contributed by atoms with Crippen LogP contribution in [0.1, 0.15) is 24.8 Å². The van der Waals surface area contributed by atoms with Crippen LogP contribution < -0.4 is 10.5 Å². The van der Waals surface area contributed by atoms with Gasteiger partial charge in [-0.05, 0) is 31.0 Å². The van der Waals surface area contributed by atoms with Gasteiger partial charge in [0.05, 0.1) is 13.7 Å². The van der Waals surface area contributed by atoms with Gasteiger partial charge in [-0.15, -0.1) is 0 Å². The van der Waals surface area contributed by atoms with Gasteiger partial charge in [-0.25, -0.2) is 0 Å². The average molecular weight is 235 g/mol. The topological polar surface area (TPSA) is 61.5 Å². The number of hydrogen-bond acceptors (Lipinski definition) is 4. The van der Waals surface area contributed by atoms with Crippen molar-refractivity contribution in [2.45, 2.75) is 24.8 Å². The van der Waals surface area contributed by atoms with Gasteiger partial charge in [-0.3, -0.25) is 4.79 Å². The molecule has 1 fully saturated rings. The van der Waals surface area contributed by atoms with Crippen molar-refractivity contribution in [3.05, 3.63) is 29.8 Å². The monoisotopic (exact) mass is 235 g/mol. The standard InChI is InChI=1S/C13H17NO3/c1-3-17-10-6-4-5-9(7-10)11-8-13(11,14)12(15)16-2/h4-7,11H,3,8,14H2,1-2H3. The molecule has 1 saturated carbocycles. The fourth-order valence-corrected chi connectivity index (χ4v) is 2.10. The molecule has 92 valence electrons. The van der Waals surface area contributed by atoms with Crippen LogP contribution in [0.15, 0.2) is 24.3 Å². The zero-order valence-corrected chi connectivity index (χ0v) is 10.1. The van der Waals surface area contributed by atoms with E-state index in [2.05, 4.69) is 0 Å². The minimum Gasteiger partial charge on any atom is -0.494 e. The number of carbonyl (C=O) groups excluding carboxylic acids is 1. The zero-order valence-electron chi connectivity index (χ0n) is 10.1. The van der Waals surface area contributed by atoms with Crippen molar-refractivity contribution in [1.82, 2.24) is 0 Å². The van der Waals surface area contributed by atoms with E-state index >= 15 is 0 Å². The summed E-state index contributed by atoms with van der Waals surface area (Å²) in [6.07, 6.45) is 0.634. The third-order valence-corrected chi connectivity index (χ3v) is 3.14. The Balaban J connectivity index is 2.15. The van der Waals surface area contributed by atoms with Crippen LogP contribution in [-0.2, 0) is 9.53 Å². The van der Waals surface area contributed by atoms with Crippen LogP contribution in [0.3, 0.4) is 0 Å². The second-order valence-electron chi connectivity index (χ2n) is 4.29. The number of hydrogen-bond donors (Lipinski definition) is 1. The fraction of sp³-hybridized carbons (Fsp3) is 0.462. The van der Waals surface area contributed by atoms with E-state index in [0.717, 1.165) is 11.3 Å². The summed E-state index contributed by atoms with van der Waals surface area (Å²) in [5, 5.41) is 0. The van der Waals surface area contributed by atoms with Crippen LogP contribution in [0.5, 0.6) is 5.75 Å². The summed E-state index contributed by atoms with van der Waals surface area (Å²) >= 11 is 0. The van der Waals surface area contributed by atoms with Gasteiger partial charge in [0.25, 0.3) is 0 Å². The molecule has 4 nitrogen and oxygen atoms in total. The Bertz CT molecular complexity index is 432. The maximum absolute atomic E-state index is 11.5. The predicted molar refractivity (Wildman–Crippen MR) is 63.9 cm³/mol. The molecular formula is C13H17NO3. The second kappa shape index (κ2) is 4.37. The molecule has 0 heterocycles. The van der Waals surface area contributed by atoms with Gasteiger partial charge in [-0.2, -0.15) is 0 Å². The summed E-state index contributed by atoms with van der Waals surface area (Å²) in [7, 11) is 1.36. The molecule has 1 aliphatic rings. The van der Waals surface area contributed by atoms with Gasteiger partial charge < -0.3 is 15.2 Å². The Morgan fingerprint density at radius 2 is 2.35 bits per heavy atom. The van der Waals surface area contributed by atoms with Gasteiger partial charge in [0.1, 0.15) is 11.3 Å². The third-order valence-electron chi connectivity index (χ3n) is 3.14. The molecule has 2 rings (SSSR count). The number of rotatable bonds is 4. The van der Waals surface area contributed by atoms with E-state index in [1.54, 1.807) is 0 Å². The number of ether oxygens (including phenoxy) is 2. The Labute approximate surface area is 101 Å². The molecule has 0 radical (unpaired) electrons.